The Hall–Kier alpha value is -1.56. The number of aryl methyl sites for hydroxylation is 1. The molecule has 0 spiro atoms. The van der Waals surface area contributed by atoms with Gasteiger partial charge in [-0.3, -0.25) is 4.99 Å². The molecule has 168 valence electrons. The van der Waals surface area contributed by atoms with Crippen molar-refractivity contribution >= 4 is 41.7 Å². The number of ether oxygens (including phenoxy) is 1. The third kappa shape index (κ3) is 8.29. The molecule has 0 aliphatic heterocycles. The highest BCUT2D eigenvalue weighted by Crippen LogP contribution is 2.18. The number of aliphatic imine (C=N–C) groups is 1. The van der Waals surface area contributed by atoms with Crippen molar-refractivity contribution in [3.05, 3.63) is 41.7 Å². The number of hydrogen-bond donors (Lipinski definition) is 1. The third-order valence-corrected chi connectivity index (χ3v) is 5.11. The van der Waals surface area contributed by atoms with Crippen LogP contribution in [0.2, 0.25) is 0 Å². The van der Waals surface area contributed by atoms with Crippen LogP contribution in [0.25, 0.3) is 0 Å². The number of rotatable bonds is 11. The molecule has 0 atom stereocenters. The molecule has 0 fully saturated rings. The van der Waals surface area contributed by atoms with E-state index in [4.69, 9.17) is 9.73 Å². The number of hydrogen-bond acceptors (Lipinski definition) is 5. The zero-order chi connectivity index (χ0) is 21.1. The molecule has 7 nitrogen and oxygen atoms in total. The van der Waals surface area contributed by atoms with Crippen molar-refractivity contribution in [2.24, 2.45) is 4.99 Å². The van der Waals surface area contributed by atoms with E-state index in [2.05, 4.69) is 28.7 Å². The van der Waals surface area contributed by atoms with E-state index in [1.807, 2.05) is 34.3 Å². The summed E-state index contributed by atoms with van der Waals surface area (Å²) in [7, 11) is 3.42. The molecule has 1 aromatic heterocycles. The number of guanidine groups is 1. The Kier molecular flexibility index (Phi) is 12.7. The molecule has 0 aliphatic carbocycles. The lowest BCUT2D eigenvalue weighted by atomic mass is 10.2. The first-order valence-corrected chi connectivity index (χ1v) is 11.2. The van der Waals surface area contributed by atoms with Gasteiger partial charge in [-0.15, -0.1) is 34.2 Å². The number of nitrogens with one attached hydrogen (secondary N) is 1. The largest absolute Gasteiger partial charge is 0.494 e. The topological polar surface area (TPSA) is 67.6 Å². The second kappa shape index (κ2) is 14.4. The second-order valence-electron chi connectivity index (χ2n) is 6.60. The van der Waals surface area contributed by atoms with E-state index >= 15 is 0 Å². The van der Waals surface area contributed by atoms with Crippen molar-refractivity contribution in [3.8, 4) is 5.75 Å². The monoisotopic (exact) mass is 550 g/mol. The predicted octanol–water partition coefficient (Wildman–Crippen LogP) is 3.44. The maximum Gasteiger partial charge on any atom is 0.194 e. The summed E-state index contributed by atoms with van der Waals surface area (Å²) >= 11 is 1.82. The number of methoxy groups -OCH3 is 1. The minimum Gasteiger partial charge on any atom is -0.494 e. The maximum absolute atomic E-state index is 14.0. The molecule has 0 amide bonds. The lowest BCUT2D eigenvalue weighted by Gasteiger charge is -2.23. The summed E-state index contributed by atoms with van der Waals surface area (Å²) in [5, 5.41) is 11.5. The Bertz CT molecular complexity index is 788. The Morgan fingerprint density at radius 1 is 1.40 bits per heavy atom. The summed E-state index contributed by atoms with van der Waals surface area (Å²) < 4.78 is 21.0. The highest BCUT2D eigenvalue weighted by atomic mass is 127. The maximum atomic E-state index is 14.0. The summed E-state index contributed by atoms with van der Waals surface area (Å²) in [6.07, 6.45) is 5.71. The standard InChI is InChI=1S/C20H31FN6OS.HI/c1-5-19-25-24-15-27(19)11-10-23-20(22-9-6-12-29-4)26(2)14-16-7-8-18(28-3)17(21)13-16;/h7-8,13,15H,5-6,9-12,14H2,1-4H3,(H,22,23);1H. The Labute approximate surface area is 199 Å². The summed E-state index contributed by atoms with van der Waals surface area (Å²) in [4.78, 5) is 6.74. The molecule has 1 N–H and O–H groups in total. The van der Waals surface area contributed by atoms with Gasteiger partial charge in [-0.2, -0.15) is 11.8 Å². The van der Waals surface area contributed by atoms with Crippen LogP contribution >= 0.6 is 35.7 Å². The molecular formula is C20H32FIN6OS. The first kappa shape index (κ1) is 26.5. The molecule has 2 aromatic rings. The van der Waals surface area contributed by atoms with Crippen LogP contribution in [0.15, 0.2) is 29.5 Å². The van der Waals surface area contributed by atoms with Gasteiger partial charge in [-0.05, 0) is 36.1 Å². The summed E-state index contributed by atoms with van der Waals surface area (Å²) in [5.41, 5.74) is 0.858. The quantitative estimate of drug-likeness (QED) is 0.200. The van der Waals surface area contributed by atoms with Crippen LogP contribution in [0.5, 0.6) is 5.75 Å². The van der Waals surface area contributed by atoms with Crippen LogP contribution in [0.1, 0.15) is 24.7 Å². The first-order valence-electron chi connectivity index (χ1n) is 9.76. The summed E-state index contributed by atoms with van der Waals surface area (Å²) in [6, 6.07) is 5.03. The first-order chi connectivity index (χ1) is 14.1. The average Bonchev–Trinajstić information content (AvgIpc) is 3.17. The molecule has 0 radical (unpaired) electrons. The third-order valence-electron chi connectivity index (χ3n) is 4.41. The number of benzene rings is 1. The van der Waals surface area contributed by atoms with Crippen LogP contribution < -0.4 is 10.1 Å². The fourth-order valence-corrected chi connectivity index (χ4v) is 3.31. The lowest BCUT2D eigenvalue weighted by molar-refractivity contribution is 0.385. The number of nitrogens with zero attached hydrogens (tertiary/aromatic N) is 5. The number of thioether (sulfide) groups is 1. The molecule has 0 bridgehead atoms. The van der Waals surface area contributed by atoms with Crippen molar-refractivity contribution < 1.29 is 9.13 Å². The van der Waals surface area contributed by atoms with Gasteiger partial charge >= 0.3 is 0 Å². The molecular weight excluding hydrogens is 518 g/mol. The van der Waals surface area contributed by atoms with E-state index in [-0.39, 0.29) is 35.5 Å². The van der Waals surface area contributed by atoms with Crippen molar-refractivity contribution in [3.63, 3.8) is 0 Å². The fourth-order valence-electron chi connectivity index (χ4n) is 2.89. The molecule has 10 heteroatoms. The van der Waals surface area contributed by atoms with Crippen molar-refractivity contribution in [2.45, 2.75) is 32.9 Å². The highest BCUT2D eigenvalue weighted by molar-refractivity contribution is 14.0. The van der Waals surface area contributed by atoms with Crippen molar-refractivity contribution in [2.75, 3.05) is 39.3 Å². The van der Waals surface area contributed by atoms with Gasteiger partial charge in [0.2, 0.25) is 0 Å². The average molecular weight is 550 g/mol. The number of halogens is 2. The molecule has 0 aliphatic rings. The Morgan fingerprint density at radius 2 is 2.20 bits per heavy atom. The smallest absolute Gasteiger partial charge is 0.194 e. The van der Waals surface area contributed by atoms with E-state index < -0.39 is 0 Å². The van der Waals surface area contributed by atoms with Gasteiger partial charge in [0, 0.05) is 39.6 Å². The Morgan fingerprint density at radius 3 is 2.87 bits per heavy atom. The molecule has 2 rings (SSSR count). The van der Waals surface area contributed by atoms with Crippen LogP contribution in [0.4, 0.5) is 4.39 Å². The number of aromatic nitrogens is 3. The Balaban J connectivity index is 0.00000450. The normalized spacial score (nSPS) is 11.2. The highest BCUT2D eigenvalue weighted by Gasteiger charge is 2.10. The van der Waals surface area contributed by atoms with E-state index in [0.29, 0.717) is 13.1 Å². The lowest BCUT2D eigenvalue weighted by Crippen LogP contribution is -2.40. The zero-order valence-electron chi connectivity index (χ0n) is 18.1. The van der Waals surface area contributed by atoms with Gasteiger partial charge < -0.3 is 19.5 Å². The van der Waals surface area contributed by atoms with Crippen LogP contribution in [-0.4, -0.2) is 64.9 Å². The van der Waals surface area contributed by atoms with Crippen molar-refractivity contribution in [1.29, 1.82) is 0 Å². The van der Waals surface area contributed by atoms with Crippen LogP contribution in [-0.2, 0) is 19.5 Å². The molecule has 1 heterocycles. The van der Waals surface area contributed by atoms with E-state index in [0.717, 1.165) is 49.0 Å². The predicted molar refractivity (Wildman–Crippen MR) is 133 cm³/mol. The summed E-state index contributed by atoms with van der Waals surface area (Å²) in [6.45, 7) is 4.81. The van der Waals surface area contributed by atoms with Gasteiger partial charge in [0.25, 0.3) is 0 Å². The molecule has 1 aromatic carbocycles. The second-order valence-corrected chi connectivity index (χ2v) is 7.58. The van der Waals surface area contributed by atoms with Crippen LogP contribution in [0, 0.1) is 5.82 Å². The molecule has 30 heavy (non-hydrogen) atoms. The SMILES string of the molecule is CCc1nncn1CCNC(=NCCCSC)N(C)Cc1ccc(OC)c(F)c1.I. The molecule has 0 unspecified atom stereocenters. The fraction of sp³-hybridized carbons (Fsp3) is 0.550. The molecule has 0 saturated heterocycles. The minimum absolute atomic E-state index is 0. The summed E-state index contributed by atoms with van der Waals surface area (Å²) in [5.74, 6) is 2.73. The van der Waals surface area contributed by atoms with Gasteiger partial charge in [0.1, 0.15) is 12.2 Å². The van der Waals surface area contributed by atoms with Crippen molar-refractivity contribution in [1.82, 2.24) is 25.0 Å². The van der Waals surface area contributed by atoms with Gasteiger partial charge in [-0.25, -0.2) is 4.39 Å². The van der Waals surface area contributed by atoms with E-state index in [1.165, 1.54) is 13.2 Å². The van der Waals surface area contributed by atoms with E-state index in [9.17, 15) is 4.39 Å². The van der Waals surface area contributed by atoms with Gasteiger partial charge in [0.15, 0.2) is 17.5 Å². The van der Waals surface area contributed by atoms with Gasteiger partial charge in [-0.1, -0.05) is 13.0 Å². The zero-order valence-corrected chi connectivity index (χ0v) is 21.2. The van der Waals surface area contributed by atoms with Gasteiger partial charge in [0.05, 0.1) is 7.11 Å². The molecule has 0 saturated carbocycles. The van der Waals surface area contributed by atoms with Crippen LogP contribution in [0.3, 0.4) is 0 Å². The minimum atomic E-state index is -0.357. The van der Waals surface area contributed by atoms with E-state index in [1.54, 1.807) is 12.4 Å².